The van der Waals surface area contributed by atoms with Crippen LogP contribution in [-0.2, 0) is 0 Å². The molecule has 0 saturated heterocycles. The van der Waals surface area contributed by atoms with E-state index in [2.05, 4.69) is 15.4 Å². The third-order valence-corrected chi connectivity index (χ3v) is 0.524. The molecule has 1 aromatic heterocycles. The largest absolute Gasteiger partial charge is 0.382 e. The SMILES string of the molecule is Nc1ccnnn1.P. The summed E-state index contributed by atoms with van der Waals surface area (Å²) >= 11 is 0. The molecule has 0 aliphatic carbocycles. The first-order valence-electron chi connectivity index (χ1n) is 1.79. The topological polar surface area (TPSA) is 64.7 Å². The van der Waals surface area contributed by atoms with E-state index in [1.54, 1.807) is 6.07 Å². The molecule has 8 heavy (non-hydrogen) atoms. The van der Waals surface area contributed by atoms with Gasteiger partial charge < -0.3 is 5.73 Å². The van der Waals surface area contributed by atoms with Crippen molar-refractivity contribution in [3.05, 3.63) is 12.3 Å². The number of hydrogen-bond acceptors (Lipinski definition) is 4. The Kier molecular flexibility index (Phi) is 2.96. The van der Waals surface area contributed by atoms with Crippen LogP contribution in [0.1, 0.15) is 0 Å². The van der Waals surface area contributed by atoms with Crippen LogP contribution in [0.15, 0.2) is 12.3 Å². The quantitative estimate of drug-likeness (QED) is 0.481. The van der Waals surface area contributed by atoms with Crippen LogP contribution in [0.4, 0.5) is 5.82 Å². The Morgan fingerprint density at radius 3 is 2.50 bits per heavy atom. The van der Waals surface area contributed by atoms with Gasteiger partial charge in [-0.3, -0.25) is 0 Å². The Morgan fingerprint density at radius 1 is 1.50 bits per heavy atom. The summed E-state index contributed by atoms with van der Waals surface area (Å²) in [5.74, 6) is 0.398. The van der Waals surface area contributed by atoms with Gasteiger partial charge in [0.1, 0.15) is 5.82 Å². The van der Waals surface area contributed by atoms with Crippen molar-refractivity contribution in [3.8, 4) is 0 Å². The van der Waals surface area contributed by atoms with E-state index in [1.807, 2.05) is 0 Å². The van der Waals surface area contributed by atoms with Gasteiger partial charge >= 0.3 is 0 Å². The lowest BCUT2D eigenvalue weighted by molar-refractivity contribution is 0.873. The fourth-order valence-corrected chi connectivity index (χ4v) is 0.250. The van der Waals surface area contributed by atoms with Crippen molar-refractivity contribution in [2.75, 3.05) is 5.73 Å². The second kappa shape index (κ2) is 3.27. The Hall–Kier alpha value is -0.760. The van der Waals surface area contributed by atoms with Crippen molar-refractivity contribution in [1.29, 1.82) is 0 Å². The van der Waals surface area contributed by atoms with Crippen LogP contribution in [0.2, 0.25) is 0 Å². The normalized spacial score (nSPS) is 7.50. The molecule has 0 aromatic carbocycles. The molecule has 0 saturated carbocycles. The zero-order valence-corrected chi connectivity index (χ0v) is 5.70. The van der Waals surface area contributed by atoms with Crippen molar-refractivity contribution >= 4 is 15.7 Å². The van der Waals surface area contributed by atoms with Gasteiger partial charge in [0.2, 0.25) is 0 Å². The first-order chi connectivity index (χ1) is 3.39. The molecule has 1 rings (SSSR count). The van der Waals surface area contributed by atoms with E-state index >= 15 is 0 Å². The molecule has 1 aromatic rings. The van der Waals surface area contributed by atoms with Crippen LogP contribution in [0.5, 0.6) is 0 Å². The van der Waals surface area contributed by atoms with Crippen molar-refractivity contribution in [2.24, 2.45) is 0 Å². The van der Waals surface area contributed by atoms with Crippen LogP contribution in [0.25, 0.3) is 0 Å². The van der Waals surface area contributed by atoms with Crippen LogP contribution in [0.3, 0.4) is 0 Å². The molecule has 1 heterocycles. The van der Waals surface area contributed by atoms with Gasteiger partial charge in [0.15, 0.2) is 0 Å². The van der Waals surface area contributed by atoms with E-state index in [-0.39, 0.29) is 9.90 Å². The Bertz CT molecular complexity index is 141. The van der Waals surface area contributed by atoms with Gasteiger partial charge in [0.25, 0.3) is 0 Å². The summed E-state index contributed by atoms with van der Waals surface area (Å²) in [4.78, 5) is 0. The van der Waals surface area contributed by atoms with Crippen LogP contribution in [0, 0.1) is 0 Å². The second-order valence-electron chi connectivity index (χ2n) is 1.05. The molecule has 0 fully saturated rings. The maximum atomic E-state index is 5.14. The lowest BCUT2D eigenvalue weighted by atomic mass is 10.6. The van der Waals surface area contributed by atoms with Crippen molar-refractivity contribution in [3.63, 3.8) is 0 Å². The molecule has 0 aliphatic heterocycles. The fraction of sp³-hybridized carbons (Fsp3) is 0. The molecule has 0 bridgehead atoms. The predicted molar refractivity (Wildman–Crippen MR) is 35.3 cm³/mol. The van der Waals surface area contributed by atoms with Gasteiger partial charge in [-0.15, -0.1) is 10.2 Å². The van der Waals surface area contributed by atoms with Gasteiger partial charge in [-0.25, -0.2) is 0 Å². The summed E-state index contributed by atoms with van der Waals surface area (Å²) in [7, 11) is 0. The van der Waals surface area contributed by atoms with Gasteiger partial charge in [-0.05, 0) is 5.21 Å². The fourth-order valence-electron chi connectivity index (χ4n) is 0.250. The van der Waals surface area contributed by atoms with Crippen LogP contribution >= 0.6 is 9.90 Å². The lowest BCUT2D eigenvalue weighted by Crippen LogP contribution is -1.91. The number of nitrogen functional groups attached to an aromatic ring is 1. The maximum Gasteiger partial charge on any atom is 0.149 e. The highest BCUT2D eigenvalue weighted by atomic mass is 31.0. The van der Waals surface area contributed by atoms with Crippen LogP contribution in [-0.4, -0.2) is 15.4 Å². The minimum Gasteiger partial charge on any atom is -0.382 e. The number of nitrogens with zero attached hydrogens (tertiary/aromatic N) is 3. The summed E-state index contributed by atoms with van der Waals surface area (Å²) in [5.41, 5.74) is 5.14. The van der Waals surface area contributed by atoms with E-state index in [1.165, 1.54) is 6.20 Å². The smallest absolute Gasteiger partial charge is 0.149 e. The Morgan fingerprint density at radius 2 is 2.25 bits per heavy atom. The summed E-state index contributed by atoms with van der Waals surface area (Å²) in [6.07, 6.45) is 1.49. The molecule has 0 radical (unpaired) electrons. The van der Waals surface area contributed by atoms with E-state index in [0.29, 0.717) is 5.82 Å². The third kappa shape index (κ3) is 1.80. The molecule has 44 valence electrons. The Labute approximate surface area is 50.1 Å². The van der Waals surface area contributed by atoms with E-state index in [9.17, 15) is 0 Å². The molecule has 5 heteroatoms. The molecule has 1 unspecified atom stereocenters. The van der Waals surface area contributed by atoms with Crippen molar-refractivity contribution < 1.29 is 0 Å². The molecular weight excluding hydrogens is 123 g/mol. The summed E-state index contributed by atoms with van der Waals surface area (Å²) in [6, 6.07) is 1.58. The monoisotopic (exact) mass is 130 g/mol. The zero-order chi connectivity index (χ0) is 5.11. The third-order valence-electron chi connectivity index (χ3n) is 0.524. The minimum atomic E-state index is 0. The molecule has 0 aliphatic rings. The molecule has 4 nitrogen and oxygen atoms in total. The van der Waals surface area contributed by atoms with Crippen molar-refractivity contribution in [2.45, 2.75) is 0 Å². The van der Waals surface area contributed by atoms with Gasteiger partial charge in [-0.2, -0.15) is 9.90 Å². The molecular formula is C3H7N4P. The first-order valence-corrected chi connectivity index (χ1v) is 1.79. The maximum absolute atomic E-state index is 5.14. The summed E-state index contributed by atoms with van der Waals surface area (Å²) < 4.78 is 0. The minimum absolute atomic E-state index is 0. The molecule has 0 spiro atoms. The standard InChI is InChI=1S/C3H4N4.H3P/c4-3-1-2-5-7-6-3;/h1-2H,(H2,4,5,6);1H3. The summed E-state index contributed by atoms with van der Waals surface area (Å²) in [6.45, 7) is 0. The lowest BCUT2D eigenvalue weighted by Gasteiger charge is -1.80. The van der Waals surface area contributed by atoms with E-state index in [4.69, 9.17) is 5.73 Å². The number of anilines is 1. The Balaban J connectivity index is 0.000000490. The summed E-state index contributed by atoms with van der Waals surface area (Å²) in [5, 5.41) is 10.1. The van der Waals surface area contributed by atoms with Crippen molar-refractivity contribution in [1.82, 2.24) is 15.4 Å². The first kappa shape index (κ1) is 7.24. The second-order valence-corrected chi connectivity index (χ2v) is 1.05. The van der Waals surface area contributed by atoms with Gasteiger partial charge in [0.05, 0.1) is 6.20 Å². The number of nitrogens with two attached hydrogens (primary N) is 1. The van der Waals surface area contributed by atoms with Crippen LogP contribution < -0.4 is 5.73 Å². The van der Waals surface area contributed by atoms with Gasteiger partial charge in [-0.1, -0.05) is 0 Å². The highest BCUT2D eigenvalue weighted by Crippen LogP contribution is 1.83. The number of hydrogen-bond donors (Lipinski definition) is 1. The molecule has 2 N–H and O–H groups in total. The highest BCUT2D eigenvalue weighted by Gasteiger charge is 1.76. The van der Waals surface area contributed by atoms with Gasteiger partial charge in [0, 0.05) is 6.07 Å². The van der Waals surface area contributed by atoms with E-state index < -0.39 is 0 Å². The predicted octanol–water partition coefficient (Wildman–Crippen LogP) is -0.488. The zero-order valence-electron chi connectivity index (χ0n) is 4.28. The van der Waals surface area contributed by atoms with E-state index in [0.717, 1.165) is 0 Å². The molecule has 1 atom stereocenters. The number of aromatic nitrogens is 3. The highest BCUT2D eigenvalue weighted by molar-refractivity contribution is 6.92. The average molecular weight is 130 g/mol. The molecule has 0 amide bonds. The average Bonchev–Trinajstić information content (AvgIpc) is 1.69. The number of rotatable bonds is 0.